The van der Waals surface area contributed by atoms with Crippen LogP contribution in [0.2, 0.25) is 15.1 Å². The highest BCUT2D eigenvalue weighted by Gasteiger charge is 2.30. The minimum atomic E-state index is -4.40. The molecule has 548 valence electrons. The molecule has 2 aliphatic rings. The Morgan fingerprint density at radius 3 is 1.13 bits per heavy atom. The van der Waals surface area contributed by atoms with Gasteiger partial charge in [0.2, 0.25) is 0 Å². The largest absolute Gasteiger partial charge is 0.505 e. The molecule has 1 amide bonds. The summed E-state index contributed by atoms with van der Waals surface area (Å²) >= 11 is 22.3. The molecule has 12 aromatic rings. The van der Waals surface area contributed by atoms with Crippen LogP contribution in [0.3, 0.4) is 0 Å². The van der Waals surface area contributed by atoms with E-state index in [1.54, 1.807) is 76.4 Å². The fourth-order valence-electron chi connectivity index (χ4n) is 10.1. The lowest BCUT2D eigenvalue weighted by atomic mass is 10.1. The van der Waals surface area contributed by atoms with Crippen molar-refractivity contribution >= 4 is 186 Å². The Labute approximate surface area is 640 Å². The average Bonchev–Trinajstić information content (AvgIpc) is 1.58. The van der Waals surface area contributed by atoms with Crippen LogP contribution < -0.4 is 34.7 Å². The van der Waals surface area contributed by atoms with Gasteiger partial charge in [0.05, 0.1) is 64.6 Å². The van der Waals surface area contributed by atoms with Gasteiger partial charge in [-0.15, -0.1) is 46.4 Å². The number of aromatic carboxylic acids is 2. The van der Waals surface area contributed by atoms with E-state index in [9.17, 15) is 60.1 Å². The van der Waals surface area contributed by atoms with Crippen molar-refractivity contribution in [2.24, 2.45) is 0 Å². The third kappa shape index (κ3) is 19.1. The summed E-state index contributed by atoms with van der Waals surface area (Å²) in [5.74, 6) is -3.96. The first kappa shape index (κ1) is 79.8. The standard InChI is InChI=1S/C25H21ClN2O5S2.C22H16ClNO6S2.C15H13NOS.C7H4Cl2O5S.C3H7N.ClH/c1-33-20-8-7-16(22-13-15-5-2-3-6-21(15)34-22)12-19(20)27-35(31,32)23-14-17(11-18(26)24(23)29)25(30)28-9-4-10-28;1-30-17-7-6-13(19-10-12-4-2-3-5-18(12)31-19)9-16(17)24-32(28,29)20-11-14(22(26)27)8-15(23)21(20)25;1-17-13-7-6-11(8-12(13)16)15-9-10-4-2-3-5-14(10)18-15;8-4-1-3(7(11)12)2-5(6(4)10)15(9,13)14;1-2-4-3-1;/h2-3,5-8,11-14,27,29H,4,9-10H2,1H3;2-11,24-25H,1H3,(H,26,27);2-9H,16H2,1H3;1-2,10H,(H,11,12);4H,1-3H2;1H. The number of benzene rings is 9. The number of hydrogen-bond donors (Lipinski definition) is 9. The number of halogens is 5. The monoisotopic (exact) mass is 1640 g/mol. The molecule has 0 spiro atoms. The highest BCUT2D eigenvalue weighted by Crippen LogP contribution is 2.43. The predicted octanol–water partition coefficient (Wildman–Crippen LogP) is 17.2. The lowest BCUT2D eigenvalue weighted by molar-refractivity contribution is 0.0649. The lowest BCUT2D eigenvalue weighted by Gasteiger charge is -2.31. The molecule has 0 saturated carbocycles. The van der Waals surface area contributed by atoms with Gasteiger partial charge in [-0.3, -0.25) is 14.2 Å². The zero-order valence-electron chi connectivity index (χ0n) is 55.1. The molecule has 5 heterocycles. The Kier molecular flexibility index (Phi) is 26.1. The number of nitrogens with zero attached hydrogens (tertiary/aromatic N) is 1. The van der Waals surface area contributed by atoms with E-state index in [1.165, 1.54) is 54.8 Å². The van der Waals surface area contributed by atoms with Crippen molar-refractivity contribution in [2.45, 2.75) is 27.5 Å². The number of aromatic hydroxyl groups is 3. The molecule has 0 aliphatic carbocycles. The second-order valence-corrected chi connectivity index (χ2v) is 33.0. The number of thiophene rings is 3. The maximum absolute atomic E-state index is 13.4. The summed E-state index contributed by atoms with van der Waals surface area (Å²) < 4.78 is 98.8. The van der Waals surface area contributed by atoms with Crippen LogP contribution in [0.25, 0.3) is 61.6 Å². The highest BCUT2D eigenvalue weighted by atomic mass is 35.7. The van der Waals surface area contributed by atoms with Gasteiger partial charge in [0.25, 0.3) is 35.0 Å². The molecule has 14 rings (SSSR count). The molecular formula is C72H62Cl5N5O17S6. The number of ether oxygens (including phenoxy) is 3. The van der Waals surface area contributed by atoms with E-state index in [4.69, 9.17) is 70.5 Å². The molecular weight excluding hydrogens is 1580 g/mol. The lowest BCUT2D eigenvalue weighted by Crippen LogP contribution is -2.42. The highest BCUT2D eigenvalue weighted by molar-refractivity contribution is 8.13. The van der Waals surface area contributed by atoms with E-state index < -0.39 is 83.0 Å². The van der Waals surface area contributed by atoms with Gasteiger partial charge in [0.1, 0.15) is 31.9 Å². The molecule has 33 heteroatoms. The Bertz CT molecular complexity index is 5530. The van der Waals surface area contributed by atoms with E-state index in [-0.39, 0.29) is 57.2 Å². The number of methoxy groups -OCH3 is 3. The maximum Gasteiger partial charge on any atom is 0.335 e. The fraction of sp³-hybridized carbons (Fsp3) is 0.125. The van der Waals surface area contributed by atoms with E-state index in [0.717, 1.165) is 89.1 Å². The van der Waals surface area contributed by atoms with Gasteiger partial charge in [0, 0.05) is 58.1 Å². The zero-order chi connectivity index (χ0) is 74.9. The number of sulfonamides is 2. The smallest absolute Gasteiger partial charge is 0.335 e. The molecule has 0 unspecified atom stereocenters. The summed E-state index contributed by atoms with van der Waals surface area (Å²) in [4.78, 5) is 37.4. The van der Waals surface area contributed by atoms with Crippen molar-refractivity contribution in [2.75, 3.05) is 62.7 Å². The molecule has 22 nitrogen and oxygen atoms in total. The third-order valence-electron chi connectivity index (χ3n) is 15.8. The van der Waals surface area contributed by atoms with Crippen LogP contribution in [-0.4, -0.2) is 121 Å². The topological polar surface area (TPSA) is 348 Å². The minimum absolute atomic E-state index is 0. The number of nitrogens with two attached hydrogens (primary N) is 1. The normalized spacial score (nSPS) is 12.4. The van der Waals surface area contributed by atoms with Gasteiger partial charge in [-0.2, -0.15) is 0 Å². The number of carbonyl (C=O) groups is 3. The van der Waals surface area contributed by atoms with Gasteiger partial charge in [-0.05, 0) is 186 Å². The average molecular weight is 1640 g/mol. The second kappa shape index (κ2) is 34.3. The second-order valence-electron chi connectivity index (χ2n) is 22.7. The Hall–Kier alpha value is -9.27. The summed E-state index contributed by atoms with van der Waals surface area (Å²) in [6, 6.07) is 52.5. The van der Waals surface area contributed by atoms with Crippen LogP contribution in [0.15, 0.2) is 197 Å². The molecule has 0 radical (unpaired) electrons. The van der Waals surface area contributed by atoms with E-state index in [1.807, 2.05) is 84.9 Å². The molecule has 2 fully saturated rings. The number of carboxylic acids is 2. The maximum atomic E-state index is 13.4. The van der Waals surface area contributed by atoms with E-state index >= 15 is 0 Å². The van der Waals surface area contributed by atoms with Crippen LogP contribution in [-0.2, 0) is 29.1 Å². The number of phenols is 3. The molecule has 2 saturated heterocycles. The van der Waals surface area contributed by atoms with Crippen molar-refractivity contribution in [3.63, 3.8) is 0 Å². The predicted molar refractivity (Wildman–Crippen MR) is 419 cm³/mol. The number of anilines is 3. The molecule has 10 N–H and O–H groups in total. The Morgan fingerprint density at radius 2 is 0.810 bits per heavy atom. The summed E-state index contributed by atoms with van der Waals surface area (Å²) in [6.07, 6.45) is 2.28. The number of phenolic OH excluding ortho intramolecular Hbond substituents is 3. The van der Waals surface area contributed by atoms with Crippen molar-refractivity contribution < 1.29 is 79.4 Å². The van der Waals surface area contributed by atoms with Crippen molar-refractivity contribution in [3.05, 3.63) is 214 Å². The van der Waals surface area contributed by atoms with E-state index in [2.05, 4.69) is 45.1 Å². The summed E-state index contributed by atoms with van der Waals surface area (Å²) in [6.45, 7) is 3.69. The van der Waals surface area contributed by atoms with Gasteiger partial charge < -0.3 is 55.7 Å². The quantitative estimate of drug-likeness (QED) is 0.0320. The summed E-state index contributed by atoms with van der Waals surface area (Å²) in [5.41, 5.74) is 8.96. The number of carbonyl (C=O) groups excluding carboxylic acids is 1. The molecule has 9 aromatic carbocycles. The Morgan fingerprint density at radius 1 is 0.476 bits per heavy atom. The molecule has 2 aliphatic heterocycles. The number of carboxylic acid groups (broad SMARTS) is 2. The molecule has 3 aromatic heterocycles. The summed E-state index contributed by atoms with van der Waals surface area (Å²) in [5, 5.41) is 53.2. The third-order valence-corrected chi connectivity index (χ3v) is 24.2. The summed E-state index contributed by atoms with van der Waals surface area (Å²) in [7, 11) is -3.53. The molecule has 0 bridgehead atoms. The molecule has 0 atom stereocenters. The van der Waals surface area contributed by atoms with Crippen molar-refractivity contribution in [1.82, 2.24) is 10.2 Å². The van der Waals surface area contributed by atoms with Crippen LogP contribution in [0, 0.1) is 0 Å². The zero-order valence-corrected chi connectivity index (χ0v) is 63.8. The van der Waals surface area contributed by atoms with Gasteiger partial charge in [0.15, 0.2) is 17.2 Å². The number of nitrogens with one attached hydrogen (secondary N) is 3. The van der Waals surface area contributed by atoms with Crippen LogP contribution in [0.4, 0.5) is 17.1 Å². The van der Waals surface area contributed by atoms with Gasteiger partial charge in [-0.1, -0.05) is 89.4 Å². The number of hydrogen-bond acceptors (Lipinski definition) is 20. The first-order valence-electron chi connectivity index (χ1n) is 30.8. The SMILES string of the molecule is C1CNC1.COc1ccc(-c2cc3ccccc3s2)cc1N.COc1ccc(-c2cc3ccccc3s2)cc1NS(=O)(=O)c1cc(C(=O)N2CCC2)cc(Cl)c1O.COc1ccc(-c2cc3ccccc3s2)cc1NS(=O)(=O)c1cc(C(=O)O)cc(Cl)c1O.Cl.O=C(O)c1cc(Cl)c(O)c(S(=O)(=O)Cl)c1. The van der Waals surface area contributed by atoms with Crippen LogP contribution in [0.5, 0.6) is 34.5 Å². The van der Waals surface area contributed by atoms with Crippen LogP contribution >= 0.6 is 91.9 Å². The fourth-order valence-corrected chi connectivity index (χ4v) is 17.5. The van der Waals surface area contributed by atoms with Crippen molar-refractivity contribution in [3.8, 4) is 65.8 Å². The first-order chi connectivity index (χ1) is 49.5. The first-order valence-corrected chi connectivity index (χ1v) is 39.6. The number of nitrogen functional groups attached to an aromatic ring is 1. The van der Waals surface area contributed by atoms with Crippen LogP contribution in [0.1, 0.15) is 43.9 Å². The molecule has 105 heavy (non-hydrogen) atoms. The Balaban J connectivity index is 0.000000166. The van der Waals surface area contributed by atoms with E-state index in [0.29, 0.717) is 24.5 Å². The number of likely N-dealkylation sites (tertiary alicyclic amines) is 1. The van der Waals surface area contributed by atoms with Gasteiger partial charge in [-0.25, -0.2) is 34.8 Å². The number of amides is 1. The number of fused-ring (bicyclic) bond motifs is 3. The van der Waals surface area contributed by atoms with Crippen molar-refractivity contribution in [1.29, 1.82) is 0 Å². The minimum Gasteiger partial charge on any atom is -0.505 e. The number of rotatable bonds is 16. The van der Waals surface area contributed by atoms with Gasteiger partial charge >= 0.3 is 11.9 Å².